The number of nitriles is 1. The number of nitrogens with one attached hydrogen (secondary N) is 1. The zero-order valence-electron chi connectivity index (χ0n) is 25.8. The van der Waals surface area contributed by atoms with Crippen LogP contribution in [0.15, 0.2) is 94.7 Å². The molecule has 2 aliphatic heterocycles. The molecule has 1 amide bonds. The van der Waals surface area contributed by atoms with E-state index in [4.69, 9.17) is 4.74 Å². The van der Waals surface area contributed by atoms with E-state index in [1.165, 1.54) is 7.11 Å². The first-order valence-electron chi connectivity index (χ1n) is 16.0. The van der Waals surface area contributed by atoms with Crippen LogP contribution in [-0.4, -0.2) is 65.3 Å². The first-order chi connectivity index (χ1) is 21.8. The van der Waals surface area contributed by atoms with Gasteiger partial charge in [-0.25, -0.2) is 13.2 Å². The molecular formula is C36H42N4O4S. The van der Waals surface area contributed by atoms with Gasteiger partial charge in [-0.2, -0.15) is 5.26 Å². The quantitative estimate of drug-likeness (QED) is 0.327. The summed E-state index contributed by atoms with van der Waals surface area (Å²) in [6, 6.07) is 28.8. The lowest BCUT2D eigenvalue weighted by Gasteiger charge is -2.48. The van der Waals surface area contributed by atoms with E-state index in [1.807, 2.05) is 36.4 Å². The molecule has 45 heavy (non-hydrogen) atoms. The van der Waals surface area contributed by atoms with E-state index in [2.05, 4.69) is 33.3 Å². The molecule has 1 unspecified atom stereocenters. The minimum absolute atomic E-state index is 0.0369. The third-order valence-corrected chi connectivity index (χ3v) is 12.1. The molecule has 6 rings (SSSR count). The molecule has 0 radical (unpaired) electrons. The average molecular weight is 627 g/mol. The number of rotatable bonds is 9. The van der Waals surface area contributed by atoms with E-state index in [1.54, 1.807) is 36.4 Å². The summed E-state index contributed by atoms with van der Waals surface area (Å²) in [5.74, 6) is 0.789. The summed E-state index contributed by atoms with van der Waals surface area (Å²) >= 11 is 0. The van der Waals surface area contributed by atoms with Crippen molar-refractivity contribution < 1.29 is 17.9 Å². The summed E-state index contributed by atoms with van der Waals surface area (Å²) in [5.41, 5.74) is 1.44. The highest BCUT2D eigenvalue weighted by Crippen LogP contribution is 2.50. The summed E-state index contributed by atoms with van der Waals surface area (Å²) in [5, 5.41) is 14.0. The third kappa shape index (κ3) is 6.18. The number of sulfone groups is 1. The molecule has 1 N–H and O–H groups in total. The molecule has 2 heterocycles. The van der Waals surface area contributed by atoms with Crippen LogP contribution < -0.4 is 10.2 Å². The SMILES string of the molecule is COC(=O)N[C@H]1CCC[C@@H]1C(C#N)(c1ccccc1)C1CCN(CC2CN(c3ccc(S(=O)(=O)c4ccccc4)cc3)C2)CC1. The summed E-state index contributed by atoms with van der Waals surface area (Å²) in [4.78, 5) is 17.7. The third-order valence-electron chi connectivity index (χ3n) is 10.3. The largest absolute Gasteiger partial charge is 0.453 e. The van der Waals surface area contributed by atoms with E-state index in [0.717, 1.165) is 76.1 Å². The van der Waals surface area contributed by atoms with E-state index in [0.29, 0.717) is 15.7 Å². The van der Waals surface area contributed by atoms with Gasteiger partial charge in [-0.3, -0.25) is 0 Å². The molecule has 9 heteroatoms. The molecule has 0 spiro atoms. The van der Waals surface area contributed by atoms with Crippen LogP contribution in [0.1, 0.15) is 37.7 Å². The van der Waals surface area contributed by atoms with Crippen LogP contribution in [0, 0.1) is 29.1 Å². The highest BCUT2D eigenvalue weighted by Gasteiger charge is 2.52. The minimum atomic E-state index is -3.52. The fourth-order valence-corrected chi connectivity index (χ4v) is 9.28. The zero-order chi connectivity index (χ0) is 31.4. The second-order valence-corrected chi connectivity index (χ2v) is 14.7. The van der Waals surface area contributed by atoms with Crippen LogP contribution in [0.5, 0.6) is 0 Å². The summed E-state index contributed by atoms with van der Waals surface area (Å²) in [6.45, 7) is 4.81. The van der Waals surface area contributed by atoms with E-state index in [-0.39, 0.29) is 17.9 Å². The Morgan fingerprint density at radius 3 is 2.16 bits per heavy atom. The predicted molar refractivity (Wildman–Crippen MR) is 174 cm³/mol. The zero-order valence-corrected chi connectivity index (χ0v) is 26.7. The van der Waals surface area contributed by atoms with Gasteiger partial charge in [-0.15, -0.1) is 0 Å². The molecule has 1 saturated carbocycles. The van der Waals surface area contributed by atoms with Gasteiger partial charge in [0, 0.05) is 43.2 Å². The molecule has 2 saturated heterocycles. The molecule has 0 bridgehead atoms. The Hall–Kier alpha value is -3.87. The van der Waals surface area contributed by atoms with Crippen LogP contribution in [0.25, 0.3) is 0 Å². The molecule has 3 aromatic rings. The molecule has 3 aliphatic rings. The summed E-state index contributed by atoms with van der Waals surface area (Å²) in [7, 11) is -2.13. The van der Waals surface area contributed by atoms with Crippen molar-refractivity contribution in [3.63, 3.8) is 0 Å². The van der Waals surface area contributed by atoms with Gasteiger partial charge < -0.3 is 19.9 Å². The number of anilines is 1. The highest BCUT2D eigenvalue weighted by molar-refractivity contribution is 7.91. The number of ether oxygens (including phenoxy) is 1. The topological polar surface area (TPSA) is 103 Å². The van der Waals surface area contributed by atoms with E-state index >= 15 is 0 Å². The minimum Gasteiger partial charge on any atom is -0.453 e. The number of likely N-dealkylation sites (tertiary alicyclic amines) is 1. The number of hydrogen-bond donors (Lipinski definition) is 1. The smallest absolute Gasteiger partial charge is 0.407 e. The van der Waals surface area contributed by atoms with Gasteiger partial charge in [-0.05, 0) is 86.7 Å². The predicted octanol–water partition coefficient (Wildman–Crippen LogP) is 5.65. The molecular weight excluding hydrogens is 584 g/mol. The maximum absolute atomic E-state index is 12.9. The van der Waals surface area contributed by atoms with Crippen molar-refractivity contribution in [2.24, 2.45) is 17.8 Å². The molecule has 0 aromatic heterocycles. The van der Waals surface area contributed by atoms with Crippen molar-refractivity contribution in [2.75, 3.05) is 44.7 Å². The van der Waals surface area contributed by atoms with Gasteiger partial charge in [0.15, 0.2) is 0 Å². The Labute approximate surface area is 266 Å². The van der Waals surface area contributed by atoms with Gasteiger partial charge in [-0.1, -0.05) is 55.0 Å². The molecule has 1 aliphatic carbocycles. The lowest BCUT2D eigenvalue weighted by atomic mass is 9.59. The second-order valence-electron chi connectivity index (χ2n) is 12.8. The second kappa shape index (κ2) is 13.2. The standard InChI is InChI=1S/C36H42N4O4S/c1-44-35(41)38-34-14-8-13-33(34)36(26-37,28-9-4-2-5-10-28)29-19-21-39(22-20-29)23-27-24-40(25-27)30-15-17-32(18-16-30)45(42,43)31-11-6-3-7-12-31/h2-7,9-12,15-18,27,29,33-34H,8,13-14,19-25H2,1H3,(H,38,41)/t33-,34-,36?/m0/s1. The van der Waals surface area contributed by atoms with E-state index < -0.39 is 21.3 Å². The fraction of sp³-hybridized carbons (Fsp3) is 0.444. The van der Waals surface area contributed by atoms with Crippen LogP contribution in [-0.2, 0) is 20.0 Å². The molecule has 3 atom stereocenters. The first kappa shape index (κ1) is 31.1. The highest BCUT2D eigenvalue weighted by atomic mass is 32.2. The Bertz CT molecular complexity index is 1600. The summed E-state index contributed by atoms with van der Waals surface area (Å²) in [6.07, 6.45) is 4.21. The normalized spacial score (nSPS) is 22.6. The monoisotopic (exact) mass is 626 g/mol. The van der Waals surface area contributed by atoms with Crippen molar-refractivity contribution in [3.05, 3.63) is 90.5 Å². The number of nitrogens with zero attached hydrogens (tertiary/aromatic N) is 3. The Kier molecular flexibility index (Phi) is 9.16. The molecule has 236 valence electrons. The number of carbonyl (C=O) groups is 1. The summed E-state index contributed by atoms with van der Waals surface area (Å²) < 4.78 is 30.8. The average Bonchev–Trinajstić information content (AvgIpc) is 3.53. The van der Waals surface area contributed by atoms with Crippen molar-refractivity contribution in [2.45, 2.75) is 53.4 Å². The van der Waals surface area contributed by atoms with Crippen LogP contribution in [0.3, 0.4) is 0 Å². The lowest BCUT2D eigenvalue weighted by Crippen LogP contribution is -2.55. The number of hydrogen-bond acceptors (Lipinski definition) is 7. The lowest BCUT2D eigenvalue weighted by molar-refractivity contribution is 0.0939. The van der Waals surface area contributed by atoms with Crippen molar-refractivity contribution >= 4 is 21.6 Å². The number of benzene rings is 3. The van der Waals surface area contributed by atoms with Crippen molar-refractivity contribution in [1.29, 1.82) is 5.26 Å². The van der Waals surface area contributed by atoms with Crippen molar-refractivity contribution in [1.82, 2.24) is 10.2 Å². The maximum Gasteiger partial charge on any atom is 0.407 e. The van der Waals surface area contributed by atoms with Crippen LogP contribution >= 0.6 is 0 Å². The Morgan fingerprint density at radius 2 is 1.53 bits per heavy atom. The Balaban J connectivity index is 1.07. The molecule has 3 aromatic carbocycles. The van der Waals surface area contributed by atoms with Gasteiger partial charge in [0.25, 0.3) is 0 Å². The van der Waals surface area contributed by atoms with Gasteiger partial charge in [0.2, 0.25) is 9.84 Å². The van der Waals surface area contributed by atoms with Gasteiger partial charge >= 0.3 is 6.09 Å². The van der Waals surface area contributed by atoms with Crippen molar-refractivity contribution in [3.8, 4) is 6.07 Å². The molecule has 8 nitrogen and oxygen atoms in total. The van der Waals surface area contributed by atoms with Gasteiger partial charge in [0.1, 0.15) is 0 Å². The van der Waals surface area contributed by atoms with Crippen LogP contribution in [0.4, 0.5) is 10.5 Å². The van der Waals surface area contributed by atoms with E-state index in [9.17, 15) is 18.5 Å². The van der Waals surface area contributed by atoms with Crippen LogP contribution in [0.2, 0.25) is 0 Å². The van der Waals surface area contributed by atoms with Gasteiger partial charge in [0.05, 0.1) is 28.4 Å². The first-order valence-corrected chi connectivity index (χ1v) is 17.5. The number of amides is 1. The molecule has 3 fully saturated rings. The fourth-order valence-electron chi connectivity index (χ4n) is 8.00. The number of carbonyl (C=O) groups excluding carboxylic acids is 1. The number of methoxy groups -OCH3 is 1. The number of alkyl carbamates (subject to hydrolysis) is 1. The Morgan fingerprint density at radius 1 is 0.911 bits per heavy atom. The maximum atomic E-state index is 12.9. The number of piperidine rings is 1.